The van der Waals surface area contributed by atoms with Crippen molar-refractivity contribution in [3.05, 3.63) is 35.1 Å². The first-order chi connectivity index (χ1) is 10.2. The molecule has 1 aliphatic rings. The molecule has 1 atom stereocenters. The number of hydrogen-bond acceptors (Lipinski definition) is 2. The van der Waals surface area contributed by atoms with Crippen molar-refractivity contribution in [1.29, 1.82) is 0 Å². The van der Waals surface area contributed by atoms with Crippen molar-refractivity contribution in [2.24, 2.45) is 0 Å². The van der Waals surface area contributed by atoms with Crippen LogP contribution in [0.5, 0.6) is 0 Å². The van der Waals surface area contributed by atoms with Gasteiger partial charge in [0.2, 0.25) is 0 Å². The molecule has 4 heteroatoms. The van der Waals surface area contributed by atoms with Gasteiger partial charge in [0.1, 0.15) is 12.4 Å². The van der Waals surface area contributed by atoms with Gasteiger partial charge in [0.25, 0.3) is 5.91 Å². The first kappa shape index (κ1) is 15.5. The number of piperidine rings is 1. The Kier molecular flexibility index (Phi) is 5.35. The number of amides is 1. The van der Waals surface area contributed by atoms with E-state index >= 15 is 0 Å². The fourth-order valence-electron chi connectivity index (χ4n) is 2.76. The summed E-state index contributed by atoms with van der Waals surface area (Å²) in [6, 6.07) is 4.56. The highest BCUT2D eigenvalue weighted by Gasteiger charge is 2.27. The number of rotatable bonds is 2. The fraction of sp³-hybridized carbons (Fsp3) is 0.471. The molecule has 1 amide bonds. The number of carbonyl (C=O) groups is 1. The third-order valence-electron chi connectivity index (χ3n) is 3.87. The van der Waals surface area contributed by atoms with E-state index in [9.17, 15) is 9.18 Å². The number of benzene rings is 1. The maximum atomic E-state index is 14.1. The quantitative estimate of drug-likeness (QED) is 0.850. The number of hydrogen-bond donors (Lipinski definition) is 1. The molecular formula is C17H20FNO2. The molecule has 0 aliphatic carbocycles. The Bertz CT molecular complexity index is 574. The zero-order valence-corrected chi connectivity index (χ0v) is 12.2. The Morgan fingerprint density at radius 2 is 2.29 bits per heavy atom. The smallest absolute Gasteiger partial charge is 0.257 e. The second-order valence-corrected chi connectivity index (χ2v) is 5.21. The second kappa shape index (κ2) is 7.24. The normalized spacial score (nSPS) is 18.0. The van der Waals surface area contributed by atoms with E-state index in [-0.39, 0.29) is 24.1 Å². The zero-order valence-electron chi connectivity index (χ0n) is 12.2. The van der Waals surface area contributed by atoms with Gasteiger partial charge >= 0.3 is 0 Å². The third kappa shape index (κ3) is 3.62. The summed E-state index contributed by atoms with van der Waals surface area (Å²) in [6.45, 7) is 2.48. The first-order valence-electron chi connectivity index (χ1n) is 7.37. The van der Waals surface area contributed by atoms with Gasteiger partial charge in [-0.1, -0.05) is 18.8 Å². The Hall–Kier alpha value is -1.86. The summed E-state index contributed by atoms with van der Waals surface area (Å²) in [5.74, 6) is 4.31. The van der Waals surface area contributed by atoms with Crippen LogP contribution in [0.15, 0.2) is 18.2 Å². The molecule has 0 radical (unpaired) electrons. The molecule has 1 saturated heterocycles. The van der Waals surface area contributed by atoms with Crippen molar-refractivity contribution in [2.45, 2.75) is 38.6 Å². The predicted octanol–water partition coefficient (Wildman–Crippen LogP) is 2.57. The van der Waals surface area contributed by atoms with Crippen molar-refractivity contribution < 1.29 is 14.3 Å². The lowest BCUT2D eigenvalue weighted by Crippen LogP contribution is -2.43. The van der Waals surface area contributed by atoms with Crippen LogP contribution in [0.1, 0.15) is 48.5 Å². The minimum Gasteiger partial charge on any atom is -0.384 e. The van der Waals surface area contributed by atoms with E-state index in [1.807, 2.05) is 0 Å². The van der Waals surface area contributed by atoms with Crippen LogP contribution in [0.25, 0.3) is 0 Å². The summed E-state index contributed by atoms with van der Waals surface area (Å²) in [6.07, 6.45) is 3.99. The molecule has 0 saturated carbocycles. The minimum absolute atomic E-state index is 0.102. The highest BCUT2D eigenvalue weighted by atomic mass is 19.1. The van der Waals surface area contributed by atoms with Gasteiger partial charge in [-0.25, -0.2) is 4.39 Å². The minimum atomic E-state index is -0.551. The number of nitrogens with zero attached hydrogens (tertiary/aromatic N) is 1. The van der Waals surface area contributed by atoms with E-state index < -0.39 is 5.82 Å². The first-order valence-corrected chi connectivity index (χ1v) is 7.37. The highest BCUT2D eigenvalue weighted by molar-refractivity contribution is 5.95. The van der Waals surface area contributed by atoms with E-state index in [0.29, 0.717) is 12.1 Å². The molecular weight excluding hydrogens is 269 g/mol. The van der Waals surface area contributed by atoms with Crippen LogP contribution in [-0.2, 0) is 0 Å². The Morgan fingerprint density at radius 3 is 2.95 bits per heavy atom. The molecule has 2 rings (SSSR count). The van der Waals surface area contributed by atoms with Crippen molar-refractivity contribution in [2.75, 3.05) is 13.2 Å². The van der Waals surface area contributed by atoms with Gasteiger partial charge in [-0.15, -0.1) is 0 Å². The summed E-state index contributed by atoms with van der Waals surface area (Å²) in [4.78, 5) is 14.3. The molecule has 21 heavy (non-hydrogen) atoms. The maximum absolute atomic E-state index is 14.1. The van der Waals surface area contributed by atoms with Crippen LogP contribution in [-0.4, -0.2) is 35.1 Å². The Balaban J connectivity index is 2.22. The van der Waals surface area contributed by atoms with Crippen molar-refractivity contribution in [3.8, 4) is 11.8 Å². The predicted molar refractivity (Wildman–Crippen MR) is 79.3 cm³/mol. The molecule has 1 aromatic carbocycles. The summed E-state index contributed by atoms with van der Waals surface area (Å²) in [5, 5.41) is 8.64. The third-order valence-corrected chi connectivity index (χ3v) is 3.87. The summed E-state index contributed by atoms with van der Waals surface area (Å²) < 4.78 is 14.1. The van der Waals surface area contributed by atoms with Crippen LogP contribution in [0.2, 0.25) is 0 Å². The standard InChI is InChI=1S/C17H20FNO2/c1-2-14-7-3-4-10-19(14)17(21)15-9-8-13(6-5-11-20)12-16(15)18/h8-9,12,14,20H,2-4,7,10-11H2,1H3. The zero-order chi connectivity index (χ0) is 15.2. The van der Waals surface area contributed by atoms with Gasteiger partial charge in [0.05, 0.1) is 5.56 Å². The average Bonchev–Trinajstić information content (AvgIpc) is 2.52. The van der Waals surface area contributed by atoms with Crippen LogP contribution >= 0.6 is 0 Å². The molecule has 1 unspecified atom stereocenters. The summed E-state index contributed by atoms with van der Waals surface area (Å²) in [7, 11) is 0. The van der Waals surface area contributed by atoms with Crippen molar-refractivity contribution in [1.82, 2.24) is 4.90 Å². The Morgan fingerprint density at radius 1 is 1.48 bits per heavy atom. The highest BCUT2D eigenvalue weighted by Crippen LogP contribution is 2.23. The van der Waals surface area contributed by atoms with Gasteiger partial charge in [0, 0.05) is 18.2 Å². The average molecular weight is 289 g/mol. The molecule has 0 spiro atoms. The monoisotopic (exact) mass is 289 g/mol. The second-order valence-electron chi connectivity index (χ2n) is 5.21. The number of carbonyl (C=O) groups excluding carboxylic acids is 1. The fourth-order valence-corrected chi connectivity index (χ4v) is 2.76. The lowest BCUT2D eigenvalue weighted by molar-refractivity contribution is 0.0603. The largest absolute Gasteiger partial charge is 0.384 e. The van der Waals surface area contributed by atoms with Gasteiger partial charge in [-0.3, -0.25) is 4.79 Å². The molecule has 1 aromatic rings. The van der Waals surface area contributed by atoms with Crippen molar-refractivity contribution >= 4 is 5.91 Å². The number of aliphatic hydroxyl groups excluding tert-OH is 1. The van der Waals surface area contributed by atoms with Gasteiger partial charge in [0.15, 0.2) is 0 Å². The van der Waals surface area contributed by atoms with Crippen LogP contribution < -0.4 is 0 Å². The molecule has 1 fully saturated rings. The van der Waals surface area contributed by atoms with Crippen molar-refractivity contribution in [3.63, 3.8) is 0 Å². The van der Waals surface area contributed by atoms with Crippen LogP contribution in [0.4, 0.5) is 4.39 Å². The van der Waals surface area contributed by atoms with E-state index in [1.54, 1.807) is 11.0 Å². The SMILES string of the molecule is CCC1CCCCN1C(=O)c1ccc(C#CCO)cc1F. The maximum Gasteiger partial charge on any atom is 0.257 e. The van der Waals surface area contributed by atoms with E-state index in [4.69, 9.17) is 5.11 Å². The van der Waals surface area contributed by atoms with Crippen LogP contribution in [0.3, 0.4) is 0 Å². The van der Waals surface area contributed by atoms with Gasteiger partial charge < -0.3 is 10.0 Å². The van der Waals surface area contributed by atoms with E-state index in [0.717, 1.165) is 25.7 Å². The molecule has 1 aliphatic heterocycles. The van der Waals surface area contributed by atoms with E-state index in [1.165, 1.54) is 12.1 Å². The molecule has 3 nitrogen and oxygen atoms in total. The molecule has 1 N–H and O–H groups in total. The molecule has 112 valence electrons. The van der Waals surface area contributed by atoms with Gasteiger partial charge in [-0.2, -0.15) is 0 Å². The Labute approximate surface area is 124 Å². The molecule has 1 heterocycles. The van der Waals surface area contributed by atoms with Gasteiger partial charge in [-0.05, 0) is 43.9 Å². The van der Waals surface area contributed by atoms with Crippen LogP contribution in [0, 0.1) is 17.7 Å². The lowest BCUT2D eigenvalue weighted by atomic mass is 9.98. The number of halogens is 1. The summed E-state index contributed by atoms with van der Waals surface area (Å²) in [5.41, 5.74) is 0.564. The van der Waals surface area contributed by atoms with E-state index in [2.05, 4.69) is 18.8 Å². The molecule has 0 aromatic heterocycles. The number of aliphatic hydroxyl groups is 1. The lowest BCUT2D eigenvalue weighted by Gasteiger charge is -2.35. The summed E-state index contributed by atoms with van der Waals surface area (Å²) >= 11 is 0. The topological polar surface area (TPSA) is 40.5 Å². The number of likely N-dealkylation sites (tertiary alicyclic amines) is 1. The molecule has 0 bridgehead atoms.